The molecule has 0 aliphatic heterocycles. The minimum atomic E-state index is -0.242. The summed E-state index contributed by atoms with van der Waals surface area (Å²) in [5, 5.41) is 12.5. The Bertz CT molecular complexity index is 1400. The summed E-state index contributed by atoms with van der Waals surface area (Å²) in [6.07, 6.45) is 8.42. The molecule has 1 fully saturated rings. The molecule has 2 heteroatoms. The molecule has 0 radical (unpaired) electrons. The molecule has 1 aliphatic rings. The SMILES string of the molecule is c1ccc2c(c1)c1ccccc1p2CC1CCCCC1Cp1c2ccccc2c2ccccc21. The zero-order chi connectivity index (χ0) is 22.5. The second kappa shape index (κ2) is 8.61. The Hall–Kier alpha value is -2.52. The molecule has 7 rings (SSSR count). The largest absolute Gasteiger partial charge is 0.108 e. The number of rotatable bonds is 4. The number of fused-ring (bicyclic) bond motifs is 6. The van der Waals surface area contributed by atoms with Gasteiger partial charge in [-0.15, -0.1) is 15.1 Å². The van der Waals surface area contributed by atoms with E-state index in [0.717, 1.165) is 11.8 Å². The van der Waals surface area contributed by atoms with Crippen LogP contribution in [0.3, 0.4) is 0 Å². The van der Waals surface area contributed by atoms with E-state index in [1.165, 1.54) is 59.6 Å². The Labute approximate surface area is 203 Å². The average molecular weight is 477 g/mol. The molecular formula is C32H30P2. The van der Waals surface area contributed by atoms with E-state index < -0.39 is 0 Å². The van der Waals surface area contributed by atoms with Gasteiger partial charge in [0.2, 0.25) is 0 Å². The van der Waals surface area contributed by atoms with Crippen molar-refractivity contribution in [1.29, 1.82) is 0 Å². The maximum Gasteiger partial charge on any atom is 0.00239 e. The number of hydrogen-bond donors (Lipinski definition) is 0. The monoisotopic (exact) mass is 476 g/mol. The summed E-state index contributed by atoms with van der Waals surface area (Å²) < 4.78 is 0. The van der Waals surface area contributed by atoms with Crippen LogP contribution in [0.2, 0.25) is 0 Å². The molecule has 0 saturated heterocycles. The highest BCUT2D eigenvalue weighted by Gasteiger charge is 2.28. The molecule has 0 bridgehead atoms. The van der Waals surface area contributed by atoms with Gasteiger partial charge >= 0.3 is 0 Å². The fourth-order valence-corrected chi connectivity index (χ4v) is 12.8. The van der Waals surface area contributed by atoms with E-state index in [1.54, 1.807) is 20.5 Å². The van der Waals surface area contributed by atoms with Crippen molar-refractivity contribution in [3.05, 3.63) is 97.1 Å². The van der Waals surface area contributed by atoms with E-state index in [1.807, 2.05) is 0 Å². The van der Waals surface area contributed by atoms with Crippen molar-refractivity contribution in [2.45, 2.75) is 38.0 Å². The number of hydrogen-bond acceptors (Lipinski definition) is 0. The zero-order valence-corrected chi connectivity index (χ0v) is 21.3. The molecule has 1 aliphatic carbocycles. The summed E-state index contributed by atoms with van der Waals surface area (Å²) in [6, 6.07) is 37.0. The molecule has 4 aromatic carbocycles. The maximum absolute atomic E-state index is 2.42. The van der Waals surface area contributed by atoms with Crippen molar-refractivity contribution >= 4 is 57.1 Å². The summed E-state index contributed by atoms with van der Waals surface area (Å²) >= 11 is 0. The Balaban J connectivity index is 1.30. The first-order chi connectivity index (χ1) is 16.9. The second-order valence-electron chi connectivity index (χ2n) is 10.1. The van der Waals surface area contributed by atoms with Gasteiger partial charge in [0.1, 0.15) is 0 Å². The van der Waals surface area contributed by atoms with Gasteiger partial charge in [-0.25, -0.2) is 0 Å². The lowest BCUT2D eigenvalue weighted by molar-refractivity contribution is 0.259. The van der Waals surface area contributed by atoms with E-state index in [-0.39, 0.29) is 15.1 Å². The summed E-state index contributed by atoms with van der Waals surface area (Å²) in [6.45, 7) is 0. The second-order valence-corrected chi connectivity index (χ2v) is 14.5. The topological polar surface area (TPSA) is 0 Å². The Morgan fingerprint density at radius 3 is 1.06 bits per heavy atom. The van der Waals surface area contributed by atoms with Gasteiger partial charge in [0, 0.05) is 20.5 Å². The number of benzene rings is 4. The summed E-state index contributed by atoms with van der Waals surface area (Å²) in [5.74, 6) is 1.70. The predicted octanol–water partition coefficient (Wildman–Crippen LogP) is 10.8. The minimum Gasteiger partial charge on any atom is -0.108 e. The van der Waals surface area contributed by atoms with Crippen LogP contribution in [0, 0.1) is 11.8 Å². The van der Waals surface area contributed by atoms with E-state index in [2.05, 4.69) is 97.1 Å². The van der Waals surface area contributed by atoms with Crippen LogP contribution in [0.15, 0.2) is 97.1 Å². The Morgan fingerprint density at radius 1 is 0.441 bits per heavy atom. The highest BCUT2D eigenvalue weighted by Crippen LogP contribution is 2.56. The molecule has 168 valence electrons. The third kappa shape index (κ3) is 3.35. The molecule has 1 saturated carbocycles. The van der Waals surface area contributed by atoms with Crippen LogP contribution in [-0.2, 0) is 12.3 Å². The van der Waals surface area contributed by atoms with Gasteiger partial charge in [-0.1, -0.05) is 110 Å². The van der Waals surface area contributed by atoms with E-state index in [9.17, 15) is 0 Å². The van der Waals surface area contributed by atoms with Gasteiger partial charge in [-0.3, -0.25) is 0 Å². The molecular weight excluding hydrogens is 446 g/mol. The molecule has 0 amide bonds. The molecule has 6 aromatic rings. The third-order valence-electron chi connectivity index (χ3n) is 8.26. The Morgan fingerprint density at radius 2 is 0.735 bits per heavy atom. The summed E-state index contributed by atoms with van der Waals surface area (Å²) in [4.78, 5) is 0. The van der Waals surface area contributed by atoms with Crippen LogP contribution in [0.1, 0.15) is 25.7 Å². The standard InChI is InChI=1S/C32H30P2/c1-2-12-24(22-34-31-19-9-5-15-27(31)28-16-6-10-20-32(28)34)23(11-1)21-33-29-17-7-3-13-25(29)26-14-4-8-18-30(26)33/h3-10,13-20,23-24H,1-2,11-12,21-22H2. The fraction of sp³-hybridized carbons (Fsp3) is 0.250. The first kappa shape index (κ1) is 20.8. The molecule has 0 spiro atoms. The van der Waals surface area contributed by atoms with Crippen molar-refractivity contribution in [1.82, 2.24) is 0 Å². The van der Waals surface area contributed by atoms with Gasteiger partial charge in [0.05, 0.1) is 0 Å². The lowest BCUT2D eigenvalue weighted by Crippen LogP contribution is -2.20. The smallest absolute Gasteiger partial charge is 0.00239 e. The van der Waals surface area contributed by atoms with E-state index in [0.29, 0.717) is 0 Å². The van der Waals surface area contributed by atoms with Gasteiger partial charge in [0.25, 0.3) is 0 Å². The van der Waals surface area contributed by atoms with Crippen LogP contribution >= 0.6 is 15.1 Å². The van der Waals surface area contributed by atoms with Gasteiger partial charge in [-0.05, 0) is 58.5 Å². The van der Waals surface area contributed by atoms with Gasteiger partial charge in [-0.2, -0.15) is 0 Å². The van der Waals surface area contributed by atoms with Crippen LogP contribution in [0.5, 0.6) is 0 Å². The van der Waals surface area contributed by atoms with Crippen LogP contribution in [-0.4, -0.2) is 0 Å². The third-order valence-corrected chi connectivity index (χ3v) is 13.8. The fourth-order valence-electron chi connectivity index (χ4n) is 6.63. The molecule has 2 unspecified atom stereocenters. The van der Waals surface area contributed by atoms with Crippen LogP contribution in [0.25, 0.3) is 42.0 Å². The molecule has 34 heavy (non-hydrogen) atoms. The van der Waals surface area contributed by atoms with Gasteiger partial charge < -0.3 is 0 Å². The molecule has 0 nitrogen and oxygen atoms in total. The Kier molecular flexibility index (Phi) is 5.27. The van der Waals surface area contributed by atoms with E-state index >= 15 is 0 Å². The highest BCUT2D eigenvalue weighted by molar-refractivity contribution is 7.61. The molecule has 0 N–H and O–H groups in total. The van der Waals surface area contributed by atoms with Crippen LogP contribution < -0.4 is 0 Å². The van der Waals surface area contributed by atoms with Crippen molar-refractivity contribution in [3.8, 4) is 0 Å². The summed E-state index contributed by atoms with van der Waals surface area (Å²) in [7, 11) is -0.484. The highest BCUT2D eigenvalue weighted by atomic mass is 31.1. The predicted molar refractivity (Wildman–Crippen MR) is 154 cm³/mol. The van der Waals surface area contributed by atoms with Crippen LogP contribution in [0.4, 0.5) is 0 Å². The van der Waals surface area contributed by atoms with Gasteiger partial charge in [0.15, 0.2) is 0 Å². The van der Waals surface area contributed by atoms with E-state index in [4.69, 9.17) is 0 Å². The maximum atomic E-state index is 2.42. The first-order valence-corrected chi connectivity index (χ1v) is 15.9. The lowest BCUT2D eigenvalue weighted by atomic mass is 9.81. The van der Waals surface area contributed by atoms with Crippen molar-refractivity contribution in [2.24, 2.45) is 11.8 Å². The lowest BCUT2D eigenvalue weighted by Gasteiger charge is -2.32. The zero-order valence-electron chi connectivity index (χ0n) is 19.5. The first-order valence-electron chi connectivity index (χ1n) is 12.8. The molecule has 2 atom stereocenters. The average Bonchev–Trinajstić information content (AvgIpc) is 3.39. The molecule has 2 heterocycles. The molecule has 2 aromatic heterocycles. The summed E-state index contributed by atoms with van der Waals surface area (Å²) in [5.41, 5.74) is 0. The quantitative estimate of drug-likeness (QED) is 0.237. The van der Waals surface area contributed by atoms with Crippen molar-refractivity contribution in [2.75, 3.05) is 0 Å². The van der Waals surface area contributed by atoms with Crippen molar-refractivity contribution < 1.29 is 0 Å². The van der Waals surface area contributed by atoms with Crippen molar-refractivity contribution in [3.63, 3.8) is 0 Å². The normalized spacial score (nSPS) is 18.9. The minimum absolute atomic E-state index is 0.242.